The van der Waals surface area contributed by atoms with Crippen LogP contribution in [-0.4, -0.2) is 123 Å². The Morgan fingerprint density at radius 1 is 0.750 bits per heavy atom. The lowest BCUT2D eigenvalue weighted by atomic mass is 9.90. The zero-order valence-corrected chi connectivity index (χ0v) is 28.2. The number of fused-ring (bicyclic) bond motifs is 1. The summed E-state index contributed by atoms with van der Waals surface area (Å²) >= 11 is 0. The summed E-state index contributed by atoms with van der Waals surface area (Å²) in [6.07, 6.45) is 11.6. The summed E-state index contributed by atoms with van der Waals surface area (Å²) in [5.74, 6) is -3.93. The number of aliphatic carboxylic acids is 4. The first-order valence-corrected chi connectivity index (χ1v) is 16.2. The molecule has 2 fully saturated rings. The molecule has 4 heterocycles. The minimum Gasteiger partial charge on any atom is -0.478 e. The number of nitrogens with zero attached hydrogens (tertiary/aromatic N) is 8. The summed E-state index contributed by atoms with van der Waals surface area (Å²) in [5.41, 5.74) is 8.55. The molecular formula is C34H39N9O9. The highest BCUT2D eigenvalue weighted by molar-refractivity contribution is 5.98. The number of hydrogen-bond acceptors (Lipinski definition) is 13. The van der Waals surface area contributed by atoms with Gasteiger partial charge in [0.25, 0.3) is 0 Å². The summed E-state index contributed by atoms with van der Waals surface area (Å²) in [5, 5.41) is 37.0. The number of aromatic nitrogens is 6. The normalized spacial score (nSPS) is 17.9. The summed E-state index contributed by atoms with van der Waals surface area (Å²) in [4.78, 5) is 60.9. The number of hydrogen-bond donors (Lipinski definition) is 5. The van der Waals surface area contributed by atoms with E-state index in [4.69, 9.17) is 36.0 Å². The van der Waals surface area contributed by atoms with E-state index in [0.717, 1.165) is 55.6 Å². The monoisotopic (exact) mass is 717 g/mol. The topological polar surface area (TPSA) is 260 Å². The first-order valence-electron chi connectivity index (χ1n) is 16.2. The number of nitrogen functional groups attached to an aromatic ring is 1. The van der Waals surface area contributed by atoms with Gasteiger partial charge in [0.15, 0.2) is 5.65 Å². The van der Waals surface area contributed by atoms with Crippen LogP contribution in [0.1, 0.15) is 31.7 Å². The number of rotatable bonds is 9. The Morgan fingerprint density at radius 2 is 1.27 bits per heavy atom. The van der Waals surface area contributed by atoms with Crippen molar-refractivity contribution in [1.29, 1.82) is 0 Å². The van der Waals surface area contributed by atoms with Crippen LogP contribution in [0.25, 0.3) is 22.3 Å². The minimum atomic E-state index is -1.26. The Bertz CT molecular complexity index is 1820. The molecule has 1 aromatic carbocycles. The number of nitrogens with two attached hydrogens (primary N) is 1. The highest BCUT2D eigenvalue weighted by Crippen LogP contribution is 2.37. The zero-order valence-electron chi connectivity index (χ0n) is 28.2. The standard InChI is InChI=1S/C26H31N9O.2C4H4O4/c1-33-11-13-34(14-12-33)19-7-9-20(10-8-19)35-25-22(24(27)30-17-31-25)23(32-35)18-15-28-26(29-16-18)36-21-5-3-2-4-6-21;2*5-3(6)1-2-4(7)8/h2-6,15-17,19-20H,7-14H2,1H3,(H2,27,30,31);2*1-2H,(H,5,6)(H,7,8)/b;2*2-1-. The molecular weight excluding hydrogens is 678 g/mol. The maximum Gasteiger partial charge on any atom is 0.328 e. The molecule has 1 saturated heterocycles. The van der Waals surface area contributed by atoms with E-state index in [1.165, 1.54) is 19.2 Å². The van der Waals surface area contributed by atoms with Crippen molar-refractivity contribution >= 4 is 40.7 Å². The summed E-state index contributed by atoms with van der Waals surface area (Å²) in [6, 6.07) is 10.7. The third-order valence-corrected chi connectivity index (χ3v) is 8.18. The molecule has 1 aliphatic heterocycles. The second-order valence-electron chi connectivity index (χ2n) is 11.7. The molecule has 0 bridgehead atoms. The number of ether oxygens (including phenoxy) is 1. The van der Waals surface area contributed by atoms with Crippen LogP contribution in [0.2, 0.25) is 0 Å². The van der Waals surface area contributed by atoms with Gasteiger partial charge in [-0.1, -0.05) is 18.2 Å². The van der Waals surface area contributed by atoms with E-state index in [-0.39, 0.29) is 12.1 Å². The summed E-state index contributed by atoms with van der Waals surface area (Å²) in [7, 11) is 2.21. The number of carboxylic acids is 4. The molecule has 274 valence electrons. The Labute approximate surface area is 297 Å². The van der Waals surface area contributed by atoms with Gasteiger partial charge in [-0.05, 0) is 44.9 Å². The van der Waals surface area contributed by atoms with Crippen LogP contribution in [0.15, 0.2) is 73.4 Å². The van der Waals surface area contributed by atoms with Gasteiger partial charge in [-0.15, -0.1) is 0 Å². The van der Waals surface area contributed by atoms with Crippen LogP contribution < -0.4 is 10.5 Å². The average molecular weight is 718 g/mol. The van der Waals surface area contributed by atoms with Crippen molar-refractivity contribution in [2.24, 2.45) is 0 Å². The number of likely N-dealkylation sites (N-methyl/N-ethyl adjacent to an activating group) is 1. The van der Waals surface area contributed by atoms with E-state index >= 15 is 0 Å². The fraction of sp³-hybridized carbons (Fsp3) is 0.324. The van der Waals surface area contributed by atoms with Crippen LogP contribution in [0.4, 0.5) is 5.82 Å². The van der Waals surface area contributed by atoms with Crippen LogP contribution in [0, 0.1) is 0 Å². The second kappa shape index (κ2) is 18.6. The van der Waals surface area contributed by atoms with Gasteiger partial charge in [-0.3, -0.25) is 4.90 Å². The molecule has 6 rings (SSSR count). The van der Waals surface area contributed by atoms with E-state index in [9.17, 15) is 19.2 Å². The van der Waals surface area contributed by atoms with Crippen LogP contribution in [0.3, 0.4) is 0 Å². The Balaban J connectivity index is 0.000000317. The van der Waals surface area contributed by atoms with Crippen molar-refractivity contribution in [2.45, 2.75) is 37.8 Å². The summed E-state index contributed by atoms with van der Waals surface area (Å²) in [6.45, 7) is 4.63. The molecule has 0 unspecified atom stereocenters. The first kappa shape index (κ1) is 38.5. The molecule has 1 aliphatic carbocycles. The van der Waals surface area contributed by atoms with Crippen molar-refractivity contribution in [1.82, 2.24) is 39.5 Å². The molecule has 0 spiro atoms. The molecule has 52 heavy (non-hydrogen) atoms. The Hall–Kier alpha value is -6.27. The lowest BCUT2D eigenvalue weighted by Gasteiger charge is -2.41. The highest BCUT2D eigenvalue weighted by atomic mass is 16.5. The van der Waals surface area contributed by atoms with E-state index in [1.54, 1.807) is 12.4 Å². The van der Waals surface area contributed by atoms with Crippen LogP contribution in [-0.2, 0) is 19.2 Å². The van der Waals surface area contributed by atoms with Crippen LogP contribution in [0.5, 0.6) is 11.8 Å². The van der Waals surface area contributed by atoms with E-state index in [2.05, 4.69) is 41.5 Å². The third-order valence-electron chi connectivity index (χ3n) is 8.18. The molecule has 4 aromatic rings. The van der Waals surface area contributed by atoms with Gasteiger partial charge in [-0.2, -0.15) is 5.10 Å². The molecule has 0 radical (unpaired) electrons. The van der Waals surface area contributed by atoms with Crippen molar-refractivity contribution in [3.05, 3.63) is 73.4 Å². The molecule has 6 N–H and O–H groups in total. The fourth-order valence-corrected chi connectivity index (χ4v) is 5.68. The van der Waals surface area contributed by atoms with Gasteiger partial charge in [0.05, 0.1) is 11.4 Å². The number of carboxylic acid groups (broad SMARTS) is 4. The van der Waals surface area contributed by atoms with Crippen molar-refractivity contribution in [3.63, 3.8) is 0 Å². The smallest absolute Gasteiger partial charge is 0.328 e. The molecule has 0 amide bonds. The van der Waals surface area contributed by atoms with Crippen LogP contribution >= 0.6 is 0 Å². The van der Waals surface area contributed by atoms with Gasteiger partial charge >= 0.3 is 29.9 Å². The fourth-order valence-electron chi connectivity index (χ4n) is 5.68. The molecule has 18 nitrogen and oxygen atoms in total. The highest BCUT2D eigenvalue weighted by Gasteiger charge is 2.30. The number of piperazine rings is 1. The SMILES string of the molecule is CN1CCN(C2CCC(n3nc(-c4cnc(Oc5ccccc5)nc4)c4c(N)ncnc43)CC2)CC1.O=C(O)/C=C\C(=O)O.O=C(O)/C=C\C(=O)O. The Kier molecular flexibility index (Phi) is 13.8. The van der Waals surface area contributed by atoms with E-state index in [1.807, 2.05) is 30.3 Å². The lowest BCUT2D eigenvalue weighted by Crippen LogP contribution is -2.49. The summed E-state index contributed by atoms with van der Waals surface area (Å²) < 4.78 is 7.80. The van der Waals surface area contributed by atoms with Gasteiger partial charge in [0.2, 0.25) is 0 Å². The van der Waals surface area contributed by atoms with Gasteiger partial charge in [0, 0.05) is 74.5 Å². The molecule has 18 heteroatoms. The largest absolute Gasteiger partial charge is 0.478 e. The van der Waals surface area contributed by atoms with Crippen molar-refractivity contribution < 1.29 is 44.3 Å². The van der Waals surface area contributed by atoms with Crippen molar-refractivity contribution in [2.75, 3.05) is 39.0 Å². The number of anilines is 1. The Morgan fingerprint density at radius 3 is 1.79 bits per heavy atom. The zero-order chi connectivity index (χ0) is 37.6. The number of carbonyl (C=O) groups is 4. The second-order valence-corrected chi connectivity index (χ2v) is 11.7. The van der Waals surface area contributed by atoms with Gasteiger partial charge in [0.1, 0.15) is 23.6 Å². The predicted octanol–water partition coefficient (Wildman–Crippen LogP) is 2.81. The van der Waals surface area contributed by atoms with E-state index < -0.39 is 23.9 Å². The maximum atomic E-state index is 9.55. The number of benzene rings is 1. The van der Waals surface area contributed by atoms with E-state index in [0.29, 0.717) is 47.6 Å². The average Bonchev–Trinajstić information content (AvgIpc) is 3.53. The first-order chi connectivity index (χ1) is 24.9. The predicted molar refractivity (Wildman–Crippen MR) is 186 cm³/mol. The minimum absolute atomic E-state index is 0.278. The number of para-hydroxylation sites is 1. The van der Waals surface area contributed by atoms with Gasteiger partial charge < -0.3 is 35.8 Å². The molecule has 0 atom stereocenters. The molecule has 3 aromatic heterocycles. The molecule has 2 aliphatic rings. The quantitative estimate of drug-likeness (QED) is 0.156. The lowest BCUT2D eigenvalue weighted by molar-refractivity contribution is -0.134. The third kappa shape index (κ3) is 11.4. The van der Waals surface area contributed by atoms with Crippen molar-refractivity contribution in [3.8, 4) is 23.0 Å². The molecule has 1 saturated carbocycles. The maximum absolute atomic E-state index is 9.55. The van der Waals surface area contributed by atoms with Gasteiger partial charge in [-0.25, -0.2) is 43.8 Å².